The van der Waals surface area contributed by atoms with Crippen LogP contribution in [0, 0.1) is 12.8 Å². The molecule has 1 amide bonds. The van der Waals surface area contributed by atoms with E-state index in [9.17, 15) is 4.79 Å². The zero-order chi connectivity index (χ0) is 18.9. The number of aryl methyl sites for hydroxylation is 1. The molecule has 0 bridgehead atoms. The van der Waals surface area contributed by atoms with Gasteiger partial charge in [0.2, 0.25) is 5.88 Å². The molecule has 0 aromatic carbocycles. The minimum Gasteiger partial charge on any atom is -0.475 e. The fraction of sp³-hybridized carbons (Fsp3) is 0.684. The van der Waals surface area contributed by atoms with E-state index in [1.54, 1.807) is 6.20 Å². The SMILES string of the molecule is CCOCCOc1ncc(NC(=O)[C@@](C)(CC(C)C)OCC)cc1C. The van der Waals surface area contributed by atoms with Gasteiger partial charge in [-0.3, -0.25) is 4.79 Å². The second kappa shape index (κ2) is 10.4. The fourth-order valence-electron chi connectivity index (χ4n) is 2.70. The first-order valence-electron chi connectivity index (χ1n) is 8.95. The van der Waals surface area contributed by atoms with E-state index in [-0.39, 0.29) is 5.91 Å². The highest BCUT2D eigenvalue weighted by Gasteiger charge is 2.34. The Bertz CT molecular complexity index is 548. The van der Waals surface area contributed by atoms with E-state index in [0.717, 1.165) is 5.56 Å². The van der Waals surface area contributed by atoms with E-state index in [1.165, 1.54) is 0 Å². The van der Waals surface area contributed by atoms with Gasteiger partial charge < -0.3 is 19.5 Å². The lowest BCUT2D eigenvalue weighted by Gasteiger charge is -2.29. The van der Waals surface area contributed by atoms with Crippen LogP contribution in [0.15, 0.2) is 12.3 Å². The van der Waals surface area contributed by atoms with Crippen molar-refractivity contribution in [2.24, 2.45) is 5.92 Å². The maximum atomic E-state index is 12.7. The van der Waals surface area contributed by atoms with Gasteiger partial charge in [0.1, 0.15) is 12.2 Å². The molecule has 1 heterocycles. The van der Waals surface area contributed by atoms with E-state index in [1.807, 2.05) is 33.8 Å². The van der Waals surface area contributed by atoms with E-state index in [0.29, 0.717) is 50.3 Å². The maximum Gasteiger partial charge on any atom is 0.256 e. The predicted molar refractivity (Wildman–Crippen MR) is 99.1 cm³/mol. The zero-order valence-corrected chi connectivity index (χ0v) is 16.3. The molecule has 0 radical (unpaired) electrons. The van der Waals surface area contributed by atoms with Crippen molar-refractivity contribution < 1.29 is 19.0 Å². The smallest absolute Gasteiger partial charge is 0.256 e. The number of carbonyl (C=O) groups is 1. The summed E-state index contributed by atoms with van der Waals surface area (Å²) in [6, 6.07) is 1.85. The van der Waals surface area contributed by atoms with Crippen molar-refractivity contribution in [2.45, 2.75) is 53.6 Å². The quantitative estimate of drug-likeness (QED) is 0.616. The van der Waals surface area contributed by atoms with Crippen LogP contribution in [0.3, 0.4) is 0 Å². The minimum absolute atomic E-state index is 0.158. The monoisotopic (exact) mass is 352 g/mol. The van der Waals surface area contributed by atoms with Gasteiger partial charge in [0, 0.05) is 18.8 Å². The Hall–Kier alpha value is -1.66. The van der Waals surface area contributed by atoms with Gasteiger partial charge in [0.15, 0.2) is 0 Å². The van der Waals surface area contributed by atoms with E-state index >= 15 is 0 Å². The van der Waals surface area contributed by atoms with Crippen LogP contribution in [-0.2, 0) is 14.3 Å². The molecule has 1 atom stereocenters. The first kappa shape index (κ1) is 21.4. The van der Waals surface area contributed by atoms with Gasteiger partial charge in [-0.05, 0) is 46.1 Å². The van der Waals surface area contributed by atoms with Gasteiger partial charge in [-0.1, -0.05) is 13.8 Å². The van der Waals surface area contributed by atoms with Crippen molar-refractivity contribution in [1.82, 2.24) is 4.98 Å². The van der Waals surface area contributed by atoms with Crippen molar-refractivity contribution in [3.05, 3.63) is 17.8 Å². The van der Waals surface area contributed by atoms with Gasteiger partial charge in [0.25, 0.3) is 5.91 Å². The van der Waals surface area contributed by atoms with Crippen LogP contribution < -0.4 is 10.1 Å². The number of hydrogen-bond donors (Lipinski definition) is 1. The average Bonchev–Trinajstić information content (AvgIpc) is 2.52. The third kappa shape index (κ3) is 7.00. The molecule has 1 rings (SSSR count). The summed E-state index contributed by atoms with van der Waals surface area (Å²) in [5.41, 5.74) is 0.634. The maximum absolute atomic E-state index is 12.7. The normalized spacial score (nSPS) is 13.6. The summed E-state index contributed by atoms with van der Waals surface area (Å²) < 4.78 is 16.6. The van der Waals surface area contributed by atoms with Crippen molar-refractivity contribution in [2.75, 3.05) is 31.7 Å². The Kier molecular flexibility index (Phi) is 8.86. The van der Waals surface area contributed by atoms with E-state index in [2.05, 4.69) is 24.1 Å². The molecule has 6 heteroatoms. The highest BCUT2D eigenvalue weighted by Crippen LogP contribution is 2.24. The standard InChI is InChI=1S/C19H32N2O4/c1-7-23-9-10-24-17-15(5)11-16(13-20-17)21-18(22)19(6,25-8-2)12-14(3)4/h11,13-14H,7-10,12H2,1-6H3,(H,21,22)/t19-/m1/s1. The first-order chi connectivity index (χ1) is 11.8. The lowest BCUT2D eigenvalue weighted by Crippen LogP contribution is -2.44. The lowest BCUT2D eigenvalue weighted by molar-refractivity contribution is -0.140. The van der Waals surface area contributed by atoms with Crippen molar-refractivity contribution >= 4 is 11.6 Å². The van der Waals surface area contributed by atoms with Crippen LogP contribution >= 0.6 is 0 Å². The van der Waals surface area contributed by atoms with Crippen LogP contribution in [0.5, 0.6) is 5.88 Å². The third-order valence-electron chi connectivity index (χ3n) is 3.70. The summed E-state index contributed by atoms with van der Waals surface area (Å²) in [5.74, 6) is 0.741. The summed E-state index contributed by atoms with van der Waals surface area (Å²) in [6.45, 7) is 13.8. The molecule has 0 saturated heterocycles. The lowest BCUT2D eigenvalue weighted by atomic mass is 9.93. The van der Waals surface area contributed by atoms with Gasteiger partial charge in [0.05, 0.1) is 18.5 Å². The van der Waals surface area contributed by atoms with Crippen LogP contribution in [0.1, 0.15) is 46.6 Å². The van der Waals surface area contributed by atoms with Gasteiger partial charge in [-0.15, -0.1) is 0 Å². The summed E-state index contributed by atoms with van der Waals surface area (Å²) in [6.07, 6.45) is 2.25. The minimum atomic E-state index is -0.858. The summed E-state index contributed by atoms with van der Waals surface area (Å²) in [5, 5.41) is 2.91. The van der Waals surface area contributed by atoms with Crippen LogP contribution in [0.2, 0.25) is 0 Å². The fourth-order valence-corrected chi connectivity index (χ4v) is 2.70. The number of carbonyl (C=O) groups excluding carboxylic acids is 1. The highest BCUT2D eigenvalue weighted by molar-refractivity contribution is 5.97. The number of rotatable bonds is 11. The molecule has 6 nitrogen and oxygen atoms in total. The Morgan fingerprint density at radius 2 is 2.00 bits per heavy atom. The summed E-state index contributed by atoms with van der Waals surface area (Å²) >= 11 is 0. The number of nitrogens with zero attached hydrogens (tertiary/aromatic N) is 1. The molecule has 0 saturated carbocycles. The number of aromatic nitrogens is 1. The number of hydrogen-bond acceptors (Lipinski definition) is 5. The highest BCUT2D eigenvalue weighted by atomic mass is 16.5. The molecule has 0 unspecified atom stereocenters. The van der Waals surface area contributed by atoms with Crippen LogP contribution in [0.4, 0.5) is 5.69 Å². The molecular weight excluding hydrogens is 320 g/mol. The third-order valence-corrected chi connectivity index (χ3v) is 3.70. The number of ether oxygens (including phenoxy) is 3. The van der Waals surface area contributed by atoms with Gasteiger partial charge in [-0.25, -0.2) is 4.98 Å². The molecule has 1 N–H and O–H groups in total. The molecule has 0 fully saturated rings. The molecular formula is C19H32N2O4. The largest absolute Gasteiger partial charge is 0.475 e. The molecule has 0 aliphatic rings. The number of anilines is 1. The van der Waals surface area contributed by atoms with Gasteiger partial charge >= 0.3 is 0 Å². The first-order valence-corrected chi connectivity index (χ1v) is 8.95. The van der Waals surface area contributed by atoms with Crippen molar-refractivity contribution in [1.29, 1.82) is 0 Å². The van der Waals surface area contributed by atoms with Crippen LogP contribution in [-0.4, -0.2) is 42.9 Å². The molecule has 1 aromatic rings. The second-order valence-electron chi connectivity index (χ2n) is 6.61. The molecule has 0 spiro atoms. The molecule has 0 aliphatic heterocycles. The Morgan fingerprint density at radius 3 is 2.56 bits per heavy atom. The summed E-state index contributed by atoms with van der Waals surface area (Å²) in [4.78, 5) is 17.0. The van der Waals surface area contributed by atoms with E-state index in [4.69, 9.17) is 14.2 Å². The number of pyridine rings is 1. The average molecular weight is 352 g/mol. The Labute approximate surface area is 151 Å². The molecule has 142 valence electrons. The van der Waals surface area contributed by atoms with Gasteiger partial charge in [-0.2, -0.15) is 0 Å². The molecule has 0 aliphatic carbocycles. The summed E-state index contributed by atoms with van der Waals surface area (Å²) in [7, 11) is 0. The zero-order valence-electron chi connectivity index (χ0n) is 16.3. The number of nitrogens with one attached hydrogen (secondary N) is 1. The number of amides is 1. The topological polar surface area (TPSA) is 69.7 Å². The predicted octanol–water partition coefficient (Wildman–Crippen LogP) is 3.59. The Morgan fingerprint density at radius 1 is 1.28 bits per heavy atom. The van der Waals surface area contributed by atoms with E-state index < -0.39 is 5.60 Å². The van der Waals surface area contributed by atoms with Crippen molar-refractivity contribution in [3.8, 4) is 5.88 Å². The van der Waals surface area contributed by atoms with Crippen LogP contribution in [0.25, 0.3) is 0 Å². The Balaban J connectivity index is 2.74. The molecule has 1 aromatic heterocycles. The second-order valence-corrected chi connectivity index (χ2v) is 6.61. The van der Waals surface area contributed by atoms with Crippen molar-refractivity contribution in [3.63, 3.8) is 0 Å². The molecule has 25 heavy (non-hydrogen) atoms.